The van der Waals surface area contributed by atoms with Gasteiger partial charge in [-0.05, 0) is 64.2 Å². The summed E-state index contributed by atoms with van der Waals surface area (Å²) < 4.78 is 0. The standard InChI is InChI=1S/C48H32N6/c1-4-14-33(15-5-1)40-31-43(42-23-10-11-28-49-42)51-44(32-40)45-41(22-13-29-50-45)39-21-12-20-38(30-39)34-24-26-37(27-25-34)48-53-46(35-16-6-2-7-17-35)52-47(54-48)36-18-8-3-9-19-36/h1-32H. The maximum absolute atomic E-state index is 5.11. The van der Waals surface area contributed by atoms with E-state index in [2.05, 4.69) is 83.8 Å². The van der Waals surface area contributed by atoms with Gasteiger partial charge in [0.05, 0.1) is 22.8 Å². The van der Waals surface area contributed by atoms with Crippen molar-refractivity contribution in [3.8, 4) is 90.3 Å². The van der Waals surface area contributed by atoms with Crippen LogP contribution in [0.3, 0.4) is 0 Å². The highest BCUT2D eigenvalue weighted by Crippen LogP contribution is 2.36. The molecule has 0 N–H and O–H groups in total. The quantitative estimate of drug-likeness (QED) is 0.158. The summed E-state index contributed by atoms with van der Waals surface area (Å²) in [7, 11) is 0. The highest BCUT2D eigenvalue weighted by Gasteiger charge is 2.16. The molecule has 0 saturated carbocycles. The fourth-order valence-corrected chi connectivity index (χ4v) is 6.55. The number of rotatable bonds is 8. The summed E-state index contributed by atoms with van der Waals surface area (Å²) in [4.78, 5) is 29.3. The Bertz CT molecular complexity index is 2570. The Morgan fingerprint density at radius 3 is 1.39 bits per heavy atom. The lowest BCUT2D eigenvalue weighted by Gasteiger charge is -2.13. The zero-order valence-electron chi connectivity index (χ0n) is 29.2. The van der Waals surface area contributed by atoms with Gasteiger partial charge in [-0.3, -0.25) is 9.97 Å². The van der Waals surface area contributed by atoms with Gasteiger partial charge in [-0.2, -0.15) is 0 Å². The van der Waals surface area contributed by atoms with Crippen molar-refractivity contribution in [3.05, 3.63) is 194 Å². The van der Waals surface area contributed by atoms with Gasteiger partial charge in [0, 0.05) is 34.6 Å². The van der Waals surface area contributed by atoms with Crippen LogP contribution >= 0.6 is 0 Å². The van der Waals surface area contributed by atoms with E-state index in [0.717, 1.165) is 72.8 Å². The van der Waals surface area contributed by atoms with Crippen LogP contribution in [0, 0.1) is 0 Å². The first kappa shape index (κ1) is 32.5. The van der Waals surface area contributed by atoms with Gasteiger partial charge in [0.25, 0.3) is 0 Å². The van der Waals surface area contributed by atoms with Crippen LogP contribution in [0.15, 0.2) is 194 Å². The molecule has 0 fully saturated rings. The van der Waals surface area contributed by atoms with E-state index in [9.17, 15) is 0 Å². The number of hydrogen-bond donors (Lipinski definition) is 0. The van der Waals surface area contributed by atoms with Gasteiger partial charge in [-0.25, -0.2) is 19.9 Å². The number of benzene rings is 5. The van der Waals surface area contributed by atoms with Gasteiger partial charge >= 0.3 is 0 Å². The molecule has 0 radical (unpaired) electrons. The third kappa shape index (κ3) is 6.79. The second-order valence-electron chi connectivity index (χ2n) is 12.8. The van der Waals surface area contributed by atoms with Crippen LogP contribution in [0.4, 0.5) is 0 Å². The monoisotopic (exact) mass is 692 g/mol. The smallest absolute Gasteiger partial charge is 0.164 e. The Balaban J connectivity index is 1.08. The van der Waals surface area contributed by atoms with E-state index in [1.54, 1.807) is 6.20 Å². The first-order valence-corrected chi connectivity index (χ1v) is 17.8. The van der Waals surface area contributed by atoms with Crippen LogP contribution in [0.1, 0.15) is 0 Å². The molecule has 6 nitrogen and oxygen atoms in total. The molecule has 4 heterocycles. The van der Waals surface area contributed by atoms with E-state index in [-0.39, 0.29) is 0 Å². The predicted octanol–water partition coefficient (Wildman–Crippen LogP) is 11.4. The van der Waals surface area contributed by atoms with Crippen LogP contribution < -0.4 is 0 Å². The Hall–Kier alpha value is -7.44. The minimum Gasteiger partial charge on any atom is -0.255 e. The van der Waals surface area contributed by atoms with Crippen molar-refractivity contribution in [1.29, 1.82) is 0 Å². The summed E-state index contributed by atoms with van der Waals surface area (Å²) in [6.07, 6.45) is 3.62. The highest BCUT2D eigenvalue weighted by atomic mass is 15.0. The van der Waals surface area contributed by atoms with E-state index in [1.165, 1.54) is 0 Å². The lowest BCUT2D eigenvalue weighted by Crippen LogP contribution is -2.00. The maximum Gasteiger partial charge on any atom is 0.164 e. The first-order chi connectivity index (χ1) is 26.7. The molecule has 0 unspecified atom stereocenters. The molecule has 0 atom stereocenters. The van der Waals surface area contributed by atoms with E-state index >= 15 is 0 Å². The predicted molar refractivity (Wildman–Crippen MR) is 217 cm³/mol. The van der Waals surface area contributed by atoms with E-state index < -0.39 is 0 Å². The fourth-order valence-electron chi connectivity index (χ4n) is 6.55. The van der Waals surface area contributed by atoms with Crippen LogP contribution in [0.5, 0.6) is 0 Å². The topological polar surface area (TPSA) is 77.3 Å². The van der Waals surface area contributed by atoms with Crippen LogP contribution in [-0.4, -0.2) is 29.9 Å². The Morgan fingerprint density at radius 1 is 0.259 bits per heavy atom. The molecular weight excluding hydrogens is 661 g/mol. The van der Waals surface area contributed by atoms with Crippen LogP contribution in [0.2, 0.25) is 0 Å². The third-order valence-electron chi connectivity index (χ3n) is 9.26. The van der Waals surface area contributed by atoms with E-state index in [1.807, 2.05) is 109 Å². The van der Waals surface area contributed by atoms with Crippen molar-refractivity contribution in [3.63, 3.8) is 0 Å². The minimum atomic E-state index is 0.623. The molecule has 4 aromatic heterocycles. The van der Waals surface area contributed by atoms with Gasteiger partial charge in [0.1, 0.15) is 0 Å². The lowest BCUT2D eigenvalue weighted by atomic mass is 9.95. The zero-order valence-corrected chi connectivity index (χ0v) is 29.2. The largest absolute Gasteiger partial charge is 0.255 e. The normalized spacial score (nSPS) is 11.0. The van der Waals surface area contributed by atoms with Crippen molar-refractivity contribution in [1.82, 2.24) is 29.9 Å². The summed E-state index contributed by atoms with van der Waals surface area (Å²) in [6, 6.07) is 61.5. The SMILES string of the molecule is c1ccc(-c2cc(-c3ccccn3)nc(-c3ncccc3-c3cccc(-c4ccc(-c5nc(-c6ccccc6)nc(-c6ccccc6)n5)cc4)c3)c2)cc1. The summed E-state index contributed by atoms with van der Waals surface area (Å²) >= 11 is 0. The molecule has 9 aromatic rings. The molecule has 0 saturated heterocycles. The fraction of sp³-hybridized carbons (Fsp3) is 0. The van der Waals surface area contributed by atoms with Gasteiger partial charge in [-0.1, -0.05) is 146 Å². The Kier molecular flexibility index (Phi) is 8.81. The van der Waals surface area contributed by atoms with Gasteiger partial charge in [0.15, 0.2) is 17.5 Å². The average Bonchev–Trinajstić information content (AvgIpc) is 3.27. The van der Waals surface area contributed by atoms with Crippen molar-refractivity contribution < 1.29 is 0 Å². The molecule has 5 aromatic carbocycles. The third-order valence-corrected chi connectivity index (χ3v) is 9.26. The maximum atomic E-state index is 5.11. The Labute approximate surface area is 313 Å². The van der Waals surface area contributed by atoms with Crippen LogP contribution in [-0.2, 0) is 0 Å². The molecule has 0 aliphatic carbocycles. The van der Waals surface area contributed by atoms with Gasteiger partial charge in [-0.15, -0.1) is 0 Å². The second kappa shape index (κ2) is 14.7. The number of nitrogens with zero attached hydrogens (tertiary/aromatic N) is 6. The summed E-state index contributed by atoms with van der Waals surface area (Å²) in [5.74, 6) is 1.90. The zero-order chi connectivity index (χ0) is 36.1. The molecule has 0 bridgehead atoms. The first-order valence-electron chi connectivity index (χ1n) is 17.8. The van der Waals surface area contributed by atoms with Crippen molar-refractivity contribution in [2.75, 3.05) is 0 Å². The molecule has 254 valence electrons. The lowest BCUT2D eigenvalue weighted by molar-refractivity contribution is 1.07. The number of pyridine rings is 3. The van der Waals surface area contributed by atoms with Gasteiger partial charge in [0.2, 0.25) is 0 Å². The molecule has 0 spiro atoms. The minimum absolute atomic E-state index is 0.623. The molecular formula is C48H32N6. The highest BCUT2D eigenvalue weighted by molar-refractivity contribution is 5.85. The van der Waals surface area contributed by atoms with Crippen molar-refractivity contribution in [2.24, 2.45) is 0 Å². The molecule has 9 rings (SSSR count). The second-order valence-corrected chi connectivity index (χ2v) is 12.8. The summed E-state index contributed by atoms with van der Waals surface area (Å²) in [5.41, 5.74) is 12.3. The molecule has 0 amide bonds. The molecule has 6 heteroatoms. The van der Waals surface area contributed by atoms with E-state index in [0.29, 0.717) is 17.5 Å². The average molecular weight is 693 g/mol. The van der Waals surface area contributed by atoms with Crippen molar-refractivity contribution >= 4 is 0 Å². The Morgan fingerprint density at radius 2 is 0.759 bits per heavy atom. The van der Waals surface area contributed by atoms with Gasteiger partial charge < -0.3 is 0 Å². The van der Waals surface area contributed by atoms with E-state index in [4.69, 9.17) is 24.9 Å². The molecule has 0 aliphatic heterocycles. The van der Waals surface area contributed by atoms with Crippen LogP contribution in [0.25, 0.3) is 90.3 Å². The molecule has 54 heavy (non-hydrogen) atoms. The summed E-state index contributed by atoms with van der Waals surface area (Å²) in [5, 5.41) is 0. The van der Waals surface area contributed by atoms with Crippen molar-refractivity contribution in [2.45, 2.75) is 0 Å². The summed E-state index contributed by atoms with van der Waals surface area (Å²) in [6.45, 7) is 0. The number of hydrogen-bond acceptors (Lipinski definition) is 6. The molecule has 0 aliphatic rings. The number of aromatic nitrogens is 6.